The Morgan fingerprint density at radius 3 is 2.40 bits per heavy atom. The second-order valence-corrected chi connectivity index (χ2v) is 6.72. The minimum Gasteiger partial charge on any atom is -0.494 e. The van der Waals surface area contributed by atoms with Crippen LogP contribution < -0.4 is 15.4 Å². The fourth-order valence-electron chi connectivity index (χ4n) is 2.88. The summed E-state index contributed by atoms with van der Waals surface area (Å²) in [7, 11) is 0. The molecule has 0 atom stereocenters. The molecule has 0 spiro atoms. The van der Waals surface area contributed by atoms with Gasteiger partial charge >= 0.3 is 0 Å². The lowest BCUT2D eigenvalue weighted by Crippen LogP contribution is -2.42. The van der Waals surface area contributed by atoms with Crippen LogP contribution in [0.3, 0.4) is 0 Å². The SMILES string of the molecule is CCOc1ccc(C(=O)CCC(=O)NCC2(C)CCNCC2)cc1.Cl. The molecule has 1 aromatic rings. The molecule has 2 rings (SSSR count). The van der Waals surface area contributed by atoms with Crippen LogP contribution in [0.15, 0.2) is 24.3 Å². The summed E-state index contributed by atoms with van der Waals surface area (Å²) in [6.45, 7) is 7.42. The highest BCUT2D eigenvalue weighted by molar-refractivity contribution is 5.98. The van der Waals surface area contributed by atoms with E-state index in [9.17, 15) is 9.59 Å². The van der Waals surface area contributed by atoms with Crippen LogP contribution >= 0.6 is 12.4 Å². The first-order valence-corrected chi connectivity index (χ1v) is 8.76. The number of carbonyl (C=O) groups excluding carboxylic acids is 2. The Morgan fingerprint density at radius 1 is 1.16 bits per heavy atom. The number of piperidine rings is 1. The Morgan fingerprint density at radius 2 is 1.80 bits per heavy atom. The molecule has 25 heavy (non-hydrogen) atoms. The smallest absolute Gasteiger partial charge is 0.220 e. The van der Waals surface area contributed by atoms with E-state index in [1.54, 1.807) is 24.3 Å². The summed E-state index contributed by atoms with van der Waals surface area (Å²) in [5.41, 5.74) is 0.789. The van der Waals surface area contributed by atoms with Gasteiger partial charge in [-0.15, -0.1) is 12.4 Å². The third kappa shape index (κ3) is 7.04. The highest BCUT2D eigenvalue weighted by atomic mass is 35.5. The number of rotatable bonds is 8. The van der Waals surface area contributed by atoms with Crippen LogP contribution in [0.2, 0.25) is 0 Å². The van der Waals surface area contributed by atoms with Crippen molar-refractivity contribution in [3.63, 3.8) is 0 Å². The standard InChI is InChI=1S/C19H28N2O3.ClH/c1-3-24-16-6-4-15(5-7-16)17(22)8-9-18(23)21-14-19(2)10-12-20-13-11-19;/h4-7,20H,3,8-14H2,1-2H3,(H,21,23);1H. The Balaban J connectivity index is 0.00000312. The fourth-order valence-corrected chi connectivity index (χ4v) is 2.88. The van der Waals surface area contributed by atoms with Gasteiger partial charge in [0.15, 0.2) is 5.78 Å². The Hall–Kier alpha value is -1.59. The minimum absolute atomic E-state index is 0. The number of hydrogen-bond acceptors (Lipinski definition) is 4. The summed E-state index contributed by atoms with van der Waals surface area (Å²) in [6, 6.07) is 7.08. The summed E-state index contributed by atoms with van der Waals surface area (Å²) in [6.07, 6.45) is 2.61. The van der Waals surface area contributed by atoms with E-state index in [1.807, 2.05) is 6.92 Å². The van der Waals surface area contributed by atoms with Crippen molar-refractivity contribution in [2.24, 2.45) is 5.41 Å². The van der Waals surface area contributed by atoms with Gasteiger partial charge in [0.05, 0.1) is 6.61 Å². The van der Waals surface area contributed by atoms with Gasteiger partial charge in [-0.25, -0.2) is 0 Å². The average Bonchev–Trinajstić information content (AvgIpc) is 2.59. The lowest BCUT2D eigenvalue weighted by atomic mass is 9.81. The van der Waals surface area contributed by atoms with E-state index >= 15 is 0 Å². The van der Waals surface area contributed by atoms with E-state index in [0.29, 0.717) is 18.7 Å². The van der Waals surface area contributed by atoms with Gasteiger partial charge in [0.1, 0.15) is 5.75 Å². The molecule has 0 unspecified atom stereocenters. The number of amides is 1. The second kappa shape index (κ2) is 10.4. The van der Waals surface area contributed by atoms with Crippen LogP contribution in [0, 0.1) is 5.41 Å². The van der Waals surface area contributed by atoms with Gasteiger partial charge in [0.25, 0.3) is 0 Å². The molecule has 0 bridgehead atoms. The molecular weight excluding hydrogens is 340 g/mol. The molecule has 1 fully saturated rings. The minimum atomic E-state index is -0.0472. The molecule has 0 radical (unpaired) electrons. The number of carbonyl (C=O) groups is 2. The molecule has 0 aromatic heterocycles. The van der Waals surface area contributed by atoms with Gasteiger partial charge < -0.3 is 15.4 Å². The number of nitrogens with one attached hydrogen (secondary N) is 2. The van der Waals surface area contributed by atoms with Crippen molar-refractivity contribution >= 4 is 24.1 Å². The van der Waals surface area contributed by atoms with Crippen LogP contribution in [0.5, 0.6) is 5.75 Å². The topological polar surface area (TPSA) is 67.4 Å². The van der Waals surface area contributed by atoms with Gasteiger partial charge in [0.2, 0.25) is 5.91 Å². The monoisotopic (exact) mass is 368 g/mol. The van der Waals surface area contributed by atoms with Gasteiger partial charge in [-0.3, -0.25) is 9.59 Å². The lowest BCUT2D eigenvalue weighted by Gasteiger charge is -2.34. The maximum absolute atomic E-state index is 12.2. The molecule has 1 saturated heterocycles. The molecule has 1 aliphatic rings. The van der Waals surface area contributed by atoms with Crippen molar-refractivity contribution in [1.82, 2.24) is 10.6 Å². The molecule has 140 valence electrons. The van der Waals surface area contributed by atoms with E-state index < -0.39 is 0 Å². The quantitative estimate of drug-likeness (QED) is 0.692. The van der Waals surface area contributed by atoms with Crippen molar-refractivity contribution in [2.45, 2.75) is 39.5 Å². The molecule has 2 N–H and O–H groups in total. The molecule has 1 aliphatic heterocycles. The Kier molecular flexibility index (Phi) is 8.93. The Bertz CT molecular complexity index is 554. The number of Topliss-reactive ketones (excluding diaryl/α,β-unsaturated/α-hetero) is 1. The van der Waals surface area contributed by atoms with E-state index in [4.69, 9.17) is 4.74 Å². The van der Waals surface area contributed by atoms with E-state index in [2.05, 4.69) is 17.6 Å². The maximum atomic E-state index is 12.2. The summed E-state index contributed by atoms with van der Waals surface area (Å²) in [4.78, 5) is 24.2. The first kappa shape index (κ1) is 21.5. The van der Waals surface area contributed by atoms with E-state index in [1.165, 1.54) is 0 Å². The third-order valence-electron chi connectivity index (χ3n) is 4.59. The Labute approximate surface area is 156 Å². The van der Waals surface area contributed by atoms with Crippen molar-refractivity contribution in [2.75, 3.05) is 26.2 Å². The number of ether oxygens (including phenoxy) is 1. The van der Waals surface area contributed by atoms with Gasteiger partial charge in [-0.2, -0.15) is 0 Å². The zero-order valence-electron chi connectivity index (χ0n) is 15.1. The molecule has 1 amide bonds. The molecular formula is C19H29ClN2O3. The molecule has 1 heterocycles. The van der Waals surface area contributed by atoms with Crippen molar-refractivity contribution in [3.05, 3.63) is 29.8 Å². The summed E-state index contributed by atoms with van der Waals surface area (Å²) in [5.74, 6) is 0.692. The average molecular weight is 369 g/mol. The molecule has 5 nitrogen and oxygen atoms in total. The van der Waals surface area contributed by atoms with Crippen LogP contribution in [-0.2, 0) is 4.79 Å². The van der Waals surface area contributed by atoms with Crippen LogP contribution in [0.25, 0.3) is 0 Å². The first-order chi connectivity index (χ1) is 11.5. The zero-order valence-corrected chi connectivity index (χ0v) is 15.9. The van der Waals surface area contributed by atoms with Gasteiger partial charge in [-0.05, 0) is 62.5 Å². The van der Waals surface area contributed by atoms with Gasteiger partial charge in [-0.1, -0.05) is 6.92 Å². The van der Waals surface area contributed by atoms with Crippen molar-refractivity contribution < 1.29 is 14.3 Å². The third-order valence-corrected chi connectivity index (χ3v) is 4.59. The fraction of sp³-hybridized carbons (Fsp3) is 0.579. The van der Waals surface area contributed by atoms with Crippen LogP contribution in [0.4, 0.5) is 0 Å². The maximum Gasteiger partial charge on any atom is 0.220 e. The largest absolute Gasteiger partial charge is 0.494 e. The van der Waals surface area contributed by atoms with Crippen molar-refractivity contribution in [1.29, 1.82) is 0 Å². The van der Waals surface area contributed by atoms with E-state index in [0.717, 1.165) is 31.7 Å². The summed E-state index contributed by atoms with van der Waals surface area (Å²) < 4.78 is 5.36. The predicted octanol–water partition coefficient (Wildman–Crippen LogP) is 2.98. The van der Waals surface area contributed by atoms with Gasteiger partial charge in [0, 0.05) is 24.9 Å². The second-order valence-electron chi connectivity index (χ2n) is 6.72. The number of benzene rings is 1. The highest BCUT2D eigenvalue weighted by Crippen LogP contribution is 2.26. The zero-order chi connectivity index (χ0) is 17.4. The number of halogens is 1. The van der Waals surface area contributed by atoms with E-state index in [-0.39, 0.29) is 42.4 Å². The lowest BCUT2D eigenvalue weighted by molar-refractivity contribution is -0.121. The molecule has 0 saturated carbocycles. The number of hydrogen-bond donors (Lipinski definition) is 2. The van der Waals surface area contributed by atoms with Crippen LogP contribution in [-0.4, -0.2) is 37.9 Å². The number of ketones is 1. The molecule has 6 heteroatoms. The van der Waals surface area contributed by atoms with Crippen LogP contribution in [0.1, 0.15) is 49.9 Å². The molecule has 1 aromatic carbocycles. The summed E-state index contributed by atoms with van der Waals surface area (Å²) >= 11 is 0. The molecule has 0 aliphatic carbocycles. The highest BCUT2D eigenvalue weighted by Gasteiger charge is 2.26. The summed E-state index contributed by atoms with van der Waals surface area (Å²) in [5, 5.41) is 6.32. The van der Waals surface area contributed by atoms with Crippen molar-refractivity contribution in [3.8, 4) is 5.75 Å². The predicted molar refractivity (Wildman–Crippen MR) is 102 cm³/mol. The first-order valence-electron chi connectivity index (χ1n) is 8.76. The normalized spacial score (nSPS) is 15.8.